The van der Waals surface area contributed by atoms with Gasteiger partial charge in [0.05, 0.1) is 6.10 Å². The SMILES string of the molecule is CCCC(CC)C(C)c1cc(C(C)C(CC)CC)c(OC(C)C)c(C(C)C(CC)CCC)c1. The molecule has 1 heteroatoms. The van der Waals surface area contributed by atoms with Gasteiger partial charge in [-0.15, -0.1) is 0 Å². The van der Waals surface area contributed by atoms with Crippen LogP contribution in [0.15, 0.2) is 12.1 Å². The second kappa shape index (κ2) is 15.1. The van der Waals surface area contributed by atoms with Crippen molar-refractivity contribution < 1.29 is 4.74 Å². The van der Waals surface area contributed by atoms with Gasteiger partial charge in [-0.3, -0.25) is 0 Å². The number of rotatable bonds is 16. The van der Waals surface area contributed by atoms with Gasteiger partial charge in [0.1, 0.15) is 5.75 Å². The molecule has 192 valence electrons. The van der Waals surface area contributed by atoms with Crippen molar-refractivity contribution >= 4 is 0 Å². The Labute approximate surface area is 208 Å². The van der Waals surface area contributed by atoms with Gasteiger partial charge in [0.2, 0.25) is 0 Å². The van der Waals surface area contributed by atoms with E-state index in [1.807, 2.05) is 0 Å². The lowest BCUT2D eigenvalue weighted by Gasteiger charge is -2.33. The van der Waals surface area contributed by atoms with Gasteiger partial charge in [-0.25, -0.2) is 0 Å². The Kier molecular flexibility index (Phi) is 13.8. The molecule has 0 aliphatic heterocycles. The predicted octanol–water partition coefficient (Wildman–Crippen LogP) is 10.9. The summed E-state index contributed by atoms with van der Waals surface area (Å²) in [5.74, 6) is 5.01. The number of ether oxygens (including phenoxy) is 1. The third-order valence-corrected chi connectivity index (χ3v) is 8.57. The minimum atomic E-state index is 0.196. The highest BCUT2D eigenvalue weighted by Crippen LogP contribution is 2.45. The molecular formula is C32H58O. The van der Waals surface area contributed by atoms with E-state index in [4.69, 9.17) is 4.74 Å². The Bertz CT molecular complexity index is 657. The number of hydrogen-bond acceptors (Lipinski definition) is 1. The largest absolute Gasteiger partial charge is 0.490 e. The third-order valence-electron chi connectivity index (χ3n) is 8.57. The lowest BCUT2D eigenvalue weighted by Crippen LogP contribution is -2.19. The average molecular weight is 459 g/mol. The molecule has 0 spiro atoms. The Hall–Kier alpha value is -0.980. The summed E-state index contributed by atoms with van der Waals surface area (Å²) in [7, 11) is 0. The molecule has 0 N–H and O–H groups in total. The quantitative estimate of drug-likeness (QED) is 0.239. The molecule has 0 aromatic heterocycles. The predicted molar refractivity (Wildman–Crippen MR) is 149 cm³/mol. The van der Waals surface area contributed by atoms with Crippen LogP contribution in [0.5, 0.6) is 5.75 Å². The Balaban J connectivity index is 3.80. The first-order chi connectivity index (χ1) is 15.7. The maximum Gasteiger partial charge on any atom is 0.126 e. The van der Waals surface area contributed by atoms with Crippen LogP contribution in [0, 0.1) is 17.8 Å². The van der Waals surface area contributed by atoms with E-state index in [1.165, 1.54) is 68.2 Å². The fourth-order valence-electron chi connectivity index (χ4n) is 6.14. The monoisotopic (exact) mass is 458 g/mol. The summed E-state index contributed by atoms with van der Waals surface area (Å²) >= 11 is 0. The summed E-state index contributed by atoms with van der Waals surface area (Å²) in [6.07, 6.45) is 10.3. The minimum absolute atomic E-state index is 0.196. The third kappa shape index (κ3) is 8.03. The van der Waals surface area contributed by atoms with E-state index >= 15 is 0 Å². The van der Waals surface area contributed by atoms with E-state index in [0.717, 1.165) is 5.92 Å². The molecule has 0 heterocycles. The second-order valence-electron chi connectivity index (χ2n) is 11.1. The maximum absolute atomic E-state index is 6.70. The van der Waals surface area contributed by atoms with Crippen LogP contribution in [0.1, 0.15) is 162 Å². The van der Waals surface area contributed by atoms with Crippen molar-refractivity contribution in [1.82, 2.24) is 0 Å². The molecule has 0 radical (unpaired) electrons. The van der Waals surface area contributed by atoms with Gasteiger partial charge in [0.15, 0.2) is 0 Å². The summed E-state index contributed by atoms with van der Waals surface area (Å²) in [5.41, 5.74) is 4.50. The number of benzene rings is 1. The fourth-order valence-corrected chi connectivity index (χ4v) is 6.14. The van der Waals surface area contributed by atoms with E-state index in [2.05, 4.69) is 88.3 Å². The summed E-state index contributed by atoms with van der Waals surface area (Å²) in [6.45, 7) is 25.9. The van der Waals surface area contributed by atoms with Gasteiger partial charge in [-0.05, 0) is 66.0 Å². The van der Waals surface area contributed by atoms with Crippen LogP contribution < -0.4 is 4.74 Å². The van der Waals surface area contributed by atoms with Crippen LogP contribution in [-0.4, -0.2) is 6.10 Å². The summed E-state index contributed by atoms with van der Waals surface area (Å²) in [4.78, 5) is 0. The lowest BCUT2D eigenvalue weighted by atomic mass is 9.75. The molecule has 5 unspecified atom stereocenters. The summed E-state index contributed by atoms with van der Waals surface area (Å²) < 4.78 is 6.70. The van der Waals surface area contributed by atoms with Gasteiger partial charge in [-0.2, -0.15) is 0 Å². The summed E-state index contributed by atoms with van der Waals surface area (Å²) in [6, 6.07) is 5.12. The van der Waals surface area contributed by atoms with Gasteiger partial charge < -0.3 is 4.74 Å². The molecule has 0 fully saturated rings. The van der Waals surface area contributed by atoms with E-state index in [0.29, 0.717) is 29.6 Å². The van der Waals surface area contributed by atoms with Crippen LogP contribution in [-0.2, 0) is 0 Å². The van der Waals surface area contributed by atoms with E-state index < -0.39 is 0 Å². The molecule has 1 rings (SSSR count). The maximum atomic E-state index is 6.70. The lowest BCUT2D eigenvalue weighted by molar-refractivity contribution is 0.230. The zero-order valence-corrected chi connectivity index (χ0v) is 24.3. The van der Waals surface area contributed by atoms with Crippen molar-refractivity contribution in [3.8, 4) is 5.75 Å². The van der Waals surface area contributed by atoms with E-state index in [1.54, 1.807) is 5.56 Å². The van der Waals surface area contributed by atoms with Crippen molar-refractivity contribution in [3.05, 3.63) is 28.8 Å². The normalized spacial score (nSPS) is 16.6. The van der Waals surface area contributed by atoms with Crippen molar-refractivity contribution in [1.29, 1.82) is 0 Å². The highest BCUT2D eigenvalue weighted by atomic mass is 16.5. The van der Waals surface area contributed by atoms with Gasteiger partial charge in [-0.1, -0.05) is 126 Å². The fraction of sp³-hybridized carbons (Fsp3) is 0.812. The van der Waals surface area contributed by atoms with Crippen LogP contribution in [0.4, 0.5) is 0 Å². The topological polar surface area (TPSA) is 9.23 Å². The molecule has 5 atom stereocenters. The van der Waals surface area contributed by atoms with Crippen molar-refractivity contribution in [2.45, 2.75) is 151 Å². The van der Waals surface area contributed by atoms with Crippen molar-refractivity contribution in [3.63, 3.8) is 0 Å². The molecule has 0 bridgehead atoms. The molecular weight excluding hydrogens is 400 g/mol. The van der Waals surface area contributed by atoms with Crippen molar-refractivity contribution in [2.24, 2.45) is 17.8 Å². The van der Waals surface area contributed by atoms with Gasteiger partial charge in [0.25, 0.3) is 0 Å². The van der Waals surface area contributed by atoms with Crippen LogP contribution in [0.3, 0.4) is 0 Å². The first-order valence-electron chi connectivity index (χ1n) is 14.5. The molecule has 0 aliphatic carbocycles. The zero-order valence-electron chi connectivity index (χ0n) is 24.3. The number of hydrogen-bond donors (Lipinski definition) is 0. The van der Waals surface area contributed by atoms with Gasteiger partial charge in [0, 0.05) is 0 Å². The zero-order chi connectivity index (χ0) is 25.1. The molecule has 0 saturated heterocycles. The highest BCUT2D eigenvalue weighted by molar-refractivity contribution is 5.49. The molecule has 1 aromatic rings. The van der Waals surface area contributed by atoms with E-state index in [9.17, 15) is 0 Å². The summed E-state index contributed by atoms with van der Waals surface area (Å²) in [5, 5.41) is 0. The van der Waals surface area contributed by atoms with Crippen LogP contribution >= 0.6 is 0 Å². The van der Waals surface area contributed by atoms with Crippen LogP contribution in [0.2, 0.25) is 0 Å². The molecule has 33 heavy (non-hydrogen) atoms. The first kappa shape index (κ1) is 30.1. The average Bonchev–Trinajstić information content (AvgIpc) is 2.80. The van der Waals surface area contributed by atoms with Crippen molar-refractivity contribution in [2.75, 3.05) is 0 Å². The Morgan fingerprint density at radius 1 is 0.576 bits per heavy atom. The second-order valence-corrected chi connectivity index (χ2v) is 11.1. The molecule has 0 aliphatic rings. The smallest absolute Gasteiger partial charge is 0.126 e. The molecule has 0 amide bonds. The first-order valence-corrected chi connectivity index (χ1v) is 14.5. The highest BCUT2D eigenvalue weighted by Gasteiger charge is 2.29. The Morgan fingerprint density at radius 3 is 1.33 bits per heavy atom. The Morgan fingerprint density at radius 2 is 0.970 bits per heavy atom. The van der Waals surface area contributed by atoms with E-state index in [-0.39, 0.29) is 6.10 Å². The molecule has 1 nitrogen and oxygen atoms in total. The molecule has 1 aromatic carbocycles. The standard InChI is InChI=1S/C32H58O/c1-12-18-27(16-5)23(9)29-20-30(24(10)26(14-3)15-4)32(33-22(7)8)31(21-29)25(11)28(17-6)19-13-2/h20-28H,12-19H2,1-11H3. The van der Waals surface area contributed by atoms with Gasteiger partial charge >= 0.3 is 0 Å². The van der Waals surface area contributed by atoms with Crippen LogP contribution in [0.25, 0.3) is 0 Å². The molecule has 0 saturated carbocycles. The minimum Gasteiger partial charge on any atom is -0.490 e.